The summed E-state index contributed by atoms with van der Waals surface area (Å²) in [5.74, 6) is -0.186. The van der Waals surface area contributed by atoms with Crippen LogP contribution in [-0.2, 0) is 11.3 Å². The zero-order valence-corrected chi connectivity index (χ0v) is 16.4. The molecule has 1 aliphatic rings. The summed E-state index contributed by atoms with van der Waals surface area (Å²) in [7, 11) is 0. The van der Waals surface area contributed by atoms with Crippen LogP contribution in [0.25, 0.3) is 0 Å². The van der Waals surface area contributed by atoms with Gasteiger partial charge in [0.05, 0.1) is 11.0 Å². The lowest BCUT2D eigenvalue weighted by Gasteiger charge is -2.34. The molecule has 0 radical (unpaired) electrons. The largest absolute Gasteiger partial charge is 0.325 e. The monoisotopic (exact) mass is 419 g/mol. The van der Waals surface area contributed by atoms with E-state index in [9.17, 15) is 9.18 Å². The summed E-state index contributed by atoms with van der Waals surface area (Å²) in [6.45, 7) is 6.23. The fourth-order valence-electron chi connectivity index (χ4n) is 3.14. The van der Waals surface area contributed by atoms with Crippen LogP contribution in [0.15, 0.2) is 46.9 Å². The minimum atomic E-state index is -0.188. The van der Waals surface area contributed by atoms with Crippen molar-refractivity contribution in [3.63, 3.8) is 0 Å². The molecule has 6 heteroatoms. The van der Waals surface area contributed by atoms with Crippen LogP contribution in [0.3, 0.4) is 0 Å². The van der Waals surface area contributed by atoms with Gasteiger partial charge in [-0.1, -0.05) is 24.3 Å². The Morgan fingerprint density at radius 1 is 1.12 bits per heavy atom. The second kappa shape index (κ2) is 8.75. The van der Waals surface area contributed by atoms with Crippen molar-refractivity contribution >= 4 is 27.5 Å². The van der Waals surface area contributed by atoms with Gasteiger partial charge in [0.2, 0.25) is 5.91 Å². The highest BCUT2D eigenvalue weighted by molar-refractivity contribution is 9.10. The highest BCUT2D eigenvalue weighted by Gasteiger charge is 2.20. The Kier molecular flexibility index (Phi) is 6.40. The molecule has 1 heterocycles. The Morgan fingerprint density at radius 3 is 2.54 bits per heavy atom. The summed E-state index contributed by atoms with van der Waals surface area (Å²) in [4.78, 5) is 16.6. The predicted molar refractivity (Wildman–Crippen MR) is 106 cm³/mol. The van der Waals surface area contributed by atoms with Gasteiger partial charge in [-0.15, -0.1) is 0 Å². The summed E-state index contributed by atoms with van der Waals surface area (Å²) >= 11 is 3.23. The van der Waals surface area contributed by atoms with Crippen LogP contribution in [0.1, 0.15) is 11.1 Å². The summed E-state index contributed by atoms with van der Waals surface area (Å²) < 4.78 is 14.6. The van der Waals surface area contributed by atoms with E-state index in [2.05, 4.69) is 31.0 Å². The van der Waals surface area contributed by atoms with E-state index in [1.807, 2.05) is 43.3 Å². The molecule has 3 rings (SSSR count). The number of hydrogen-bond acceptors (Lipinski definition) is 3. The molecular weight excluding hydrogens is 397 g/mol. The zero-order chi connectivity index (χ0) is 18.5. The maximum Gasteiger partial charge on any atom is 0.238 e. The fourth-order valence-corrected chi connectivity index (χ4v) is 3.55. The maximum atomic E-state index is 14.1. The van der Waals surface area contributed by atoms with Crippen LogP contribution in [0.5, 0.6) is 0 Å². The number of carbonyl (C=O) groups excluding carboxylic acids is 1. The molecule has 0 saturated carbocycles. The zero-order valence-electron chi connectivity index (χ0n) is 14.8. The van der Waals surface area contributed by atoms with E-state index in [-0.39, 0.29) is 11.7 Å². The molecule has 0 unspecified atom stereocenters. The van der Waals surface area contributed by atoms with E-state index in [1.54, 1.807) is 6.07 Å². The summed E-state index contributed by atoms with van der Waals surface area (Å²) in [6, 6.07) is 13.2. The highest BCUT2D eigenvalue weighted by atomic mass is 79.9. The Labute approximate surface area is 162 Å². The first kappa shape index (κ1) is 19.0. The molecule has 1 aliphatic heterocycles. The molecule has 0 aromatic heterocycles. The van der Waals surface area contributed by atoms with Crippen LogP contribution in [0.2, 0.25) is 0 Å². The number of benzene rings is 2. The molecule has 0 bridgehead atoms. The van der Waals surface area contributed by atoms with E-state index < -0.39 is 0 Å². The van der Waals surface area contributed by atoms with Gasteiger partial charge < -0.3 is 5.32 Å². The van der Waals surface area contributed by atoms with E-state index >= 15 is 0 Å². The Balaban J connectivity index is 1.46. The number of nitrogens with zero attached hydrogens (tertiary/aromatic N) is 2. The van der Waals surface area contributed by atoms with Gasteiger partial charge in [0, 0.05) is 44.0 Å². The number of rotatable bonds is 5. The van der Waals surface area contributed by atoms with Gasteiger partial charge in [-0.05, 0) is 46.6 Å². The summed E-state index contributed by atoms with van der Waals surface area (Å²) in [6.07, 6.45) is 0. The number of hydrogen-bond donors (Lipinski definition) is 1. The smallest absolute Gasteiger partial charge is 0.238 e. The standard InChI is InChI=1S/C20H23BrFN3O/c1-15-4-2-6-17(12-15)23-19(26)14-25-10-8-24(9-11-25)13-16-5-3-7-18(21)20(16)22/h2-7,12H,8-11,13-14H2,1H3,(H,23,26). The van der Waals surface area contributed by atoms with Gasteiger partial charge in [0.15, 0.2) is 0 Å². The second-order valence-electron chi connectivity index (χ2n) is 6.68. The molecule has 1 N–H and O–H groups in total. The van der Waals surface area contributed by atoms with Gasteiger partial charge in [-0.25, -0.2) is 4.39 Å². The molecule has 2 aromatic rings. The molecule has 138 valence electrons. The number of anilines is 1. The number of nitrogens with one attached hydrogen (secondary N) is 1. The first-order valence-electron chi connectivity index (χ1n) is 8.75. The molecule has 0 atom stereocenters. The molecule has 0 spiro atoms. The predicted octanol–water partition coefficient (Wildman–Crippen LogP) is 3.65. The van der Waals surface area contributed by atoms with Crippen molar-refractivity contribution in [2.45, 2.75) is 13.5 Å². The van der Waals surface area contributed by atoms with Crippen molar-refractivity contribution in [2.75, 3.05) is 38.0 Å². The Morgan fingerprint density at radius 2 is 1.81 bits per heavy atom. The average Bonchev–Trinajstić information content (AvgIpc) is 2.60. The van der Waals surface area contributed by atoms with Crippen molar-refractivity contribution < 1.29 is 9.18 Å². The van der Waals surface area contributed by atoms with E-state index in [1.165, 1.54) is 0 Å². The first-order chi connectivity index (χ1) is 12.5. The molecule has 1 fully saturated rings. The number of aryl methyl sites for hydroxylation is 1. The van der Waals surface area contributed by atoms with Gasteiger partial charge in [0.25, 0.3) is 0 Å². The van der Waals surface area contributed by atoms with Gasteiger partial charge in [0.1, 0.15) is 5.82 Å². The molecule has 1 saturated heterocycles. The third-order valence-electron chi connectivity index (χ3n) is 4.56. The van der Waals surface area contributed by atoms with Crippen molar-refractivity contribution in [1.29, 1.82) is 0 Å². The number of carbonyl (C=O) groups is 1. The Bertz CT molecular complexity index is 775. The fraction of sp³-hybridized carbons (Fsp3) is 0.350. The van der Waals surface area contributed by atoms with Crippen molar-refractivity contribution in [1.82, 2.24) is 9.80 Å². The second-order valence-corrected chi connectivity index (χ2v) is 7.54. The third-order valence-corrected chi connectivity index (χ3v) is 5.17. The molecule has 4 nitrogen and oxygen atoms in total. The van der Waals surface area contributed by atoms with Crippen LogP contribution in [0, 0.1) is 12.7 Å². The molecule has 0 aliphatic carbocycles. The van der Waals surface area contributed by atoms with Crippen LogP contribution in [-0.4, -0.2) is 48.4 Å². The highest BCUT2D eigenvalue weighted by Crippen LogP contribution is 2.20. The molecule has 1 amide bonds. The van der Waals surface area contributed by atoms with Crippen LogP contribution in [0.4, 0.5) is 10.1 Å². The molecular formula is C20H23BrFN3O. The number of piperazine rings is 1. The first-order valence-corrected chi connectivity index (χ1v) is 9.54. The topological polar surface area (TPSA) is 35.6 Å². The Hall–Kier alpha value is -1.76. The number of amides is 1. The molecule has 2 aromatic carbocycles. The van der Waals surface area contributed by atoms with Crippen LogP contribution >= 0.6 is 15.9 Å². The number of halogens is 2. The van der Waals surface area contributed by atoms with E-state index in [4.69, 9.17) is 0 Å². The summed E-state index contributed by atoms with van der Waals surface area (Å²) in [5.41, 5.74) is 2.65. The summed E-state index contributed by atoms with van der Waals surface area (Å²) in [5, 5.41) is 2.95. The maximum absolute atomic E-state index is 14.1. The van der Waals surface area contributed by atoms with Crippen molar-refractivity contribution in [2.24, 2.45) is 0 Å². The normalized spacial score (nSPS) is 15.8. The van der Waals surface area contributed by atoms with Gasteiger partial charge in [-0.2, -0.15) is 0 Å². The van der Waals surface area contributed by atoms with Gasteiger partial charge in [-0.3, -0.25) is 14.6 Å². The van der Waals surface area contributed by atoms with E-state index in [0.29, 0.717) is 23.1 Å². The lowest BCUT2D eigenvalue weighted by atomic mass is 10.2. The van der Waals surface area contributed by atoms with E-state index in [0.717, 1.165) is 37.4 Å². The van der Waals surface area contributed by atoms with Crippen molar-refractivity contribution in [3.05, 3.63) is 63.9 Å². The van der Waals surface area contributed by atoms with Crippen LogP contribution < -0.4 is 5.32 Å². The lowest BCUT2D eigenvalue weighted by molar-refractivity contribution is -0.117. The van der Waals surface area contributed by atoms with Crippen molar-refractivity contribution in [3.8, 4) is 0 Å². The minimum Gasteiger partial charge on any atom is -0.325 e. The quantitative estimate of drug-likeness (QED) is 0.802. The lowest BCUT2D eigenvalue weighted by Crippen LogP contribution is -2.48. The third kappa shape index (κ3) is 5.13. The minimum absolute atomic E-state index is 0.00193. The average molecular weight is 420 g/mol. The SMILES string of the molecule is Cc1cccc(NC(=O)CN2CCN(Cc3cccc(Br)c3F)CC2)c1. The molecule has 26 heavy (non-hydrogen) atoms. The van der Waals surface area contributed by atoms with Gasteiger partial charge >= 0.3 is 0 Å².